The molecular formula is C18H15NO4S. The zero-order valence-corrected chi connectivity index (χ0v) is 13.7. The smallest absolute Gasteiger partial charge is 0.337 e. The highest BCUT2D eigenvalue weighted by Crippen LogP contribution is 2.30. The molecule has 0 radical (unpaired) electrons. The van der Waals surface area contributed by atoms with Gasteiger partial charge in [-0.15, -0.1) is 0 Å². The normalized spacial score (nSPS) is 11.4. The fourth-order valence-electron chi connectivity index (χ4n) is 2.54. The summed E-state index contributed by atoms with van der Waals surface area (Å²) in [6.07, 6.45) is 0. The maximum Gasteiger partial charge on any atom is 0.337 e. The summed E-state index contributed by atoms with van der Waals surface area (Å²) in [7, 11) is -3.90. The van der Waals surface area contributed by atoms with E-state index in [2.05, 4.69) is 4.72 Å². The molecule has 0 aliphatic rings. The third-order valence-electron chi connectivity index (χ3n) is 3.70. The summed E-state index contributed by atoms with van der Waals surface area (Å²) in [5.74, 6) is -1.19. The van der Waals surface area contributed by atoms with E-state index in [9.17, 15) is 18.3 Å². The van der Waals surface area contributed by atoms with Gasteiger partial charge < -0.3 is 5.11 Å². The van der Waals surface area contributed by atoms with Gasteiger partial charge in [0.05, 0.1) is 16.1 Å². The van der Waals surface area contributed by atoms with Gasteiger partial charge in [-0.1, -0.05) is 42.5 Å². The van der Waals surface area contributed by atoms with Crippen molar-refractivity contribution in [1.82, 2.24) is 0 Å². The molecule has 0 heterocycles. The number of sulfonamides is 1. The van der Waals surface area contributed by atoms with Crippen LogP contribution in [0.4, 0.5) is 5.69 Å². The summed E-state index contributed by atoms with van der Waals surface area (Å²) in [4.78, 5) is 11.6. The minimum atomic E-state index is -3.90. The summed E-state index contributed by atoms with van der Waals surface area (Å²) in [5, 5.41) is 10.7. The molecule has 0 fully saturated rings. The van der Waals surface area contributed by atoms with E-state index in [1.54, 1.807) is 43.3 Å². The van der Waals surface area contributed by atoms with E-state index >= 15 is 0 Å². The topological polar surface area (TPSA) is 83.5 Å². The van der Waals surface area contributed by atoms with Crippen molar-refractivity contribution in [3.8, 4) is 0 Å². The zero-order chi connectivity index (χ0) is 17.3. The Kier molecular flexibility index (Phi) is 3.99. The molecule has 0 saturated heterocycles. The Balaban J connectivity index is 2.18. The molecule has 0 spiro atoms. The summed E-state index contributed by atoms with van der Waals surface area (Å²) in [5.41, 5.74) is 0.779. The number of hydrogen-bond donors (Lipinski definition) is 2. The van der Waals surface area contributed by atoms with Crippen molar-refractivity contribution >= 4 is 32.5 Å². The number of carboxylic acids is 1. The van der Waals surface area contributed by atoms with Crippen molar-refractivity contribution < 1.29 is 18.3 Å². The molecule has 0 aliphatic carbocycles. The van der Waals surface area contributed by atoms with Crippen LogP contribution in [0.5, 0.6) is 0 Å². The predicted molar refractivity (Wildman–Crippen MR) is 92.9 cm³/mol. The minimum absolute atomic E-state index is 0.0714. The average Bonchev–Trinajstić information content (AvgIpc) is 2.54. The number of carboxylic acid groups (broad SMARTS) is 1. The fraction of sp³-hybridized carbons (Fsp3) is 0.0556. The molecular weight excluding hydrogens is 326 g/mol. The highest BCUT2D eigenvalue weighted by molar-refractivity contribution is 7.92. The molecule has 3 aromatic carbocycles. The molecule has 6 heteroatoms. The second-order valence-electron chi connectivity index (χ2n) is 5.44. The minimum Gasteiger partial charge on any atom is -0.478 e. The van der Waals surface area contributed by atoms with Gasteiger partial charge in [0.2, 0.25) is 0 Å². The lowest BCUT2D eigenvalue weighted by molar-refractivity contribution is 0.0698. The number of anilines is 1. The Labute approximate surface area is 139 Å². The monoisotopic (exact) mass is 341 g/mol. The lowest BCUT2D eigenvalue weighted by atomic mass is 10.0. The van der Waals surface area contributed by atoms with Crippen LogP contribution in [0.15, 0.2) is 65.6 Å². The number of rotatable bonds is 4. The van der Waals surface area contributed by atoms with Crippen molar-refractivity contribution in [3.63, 3.8) is 0 Å². The van der Waals surface area contributed by atoms with Crippen molar-refractivity contribution in [3.05, 3.63) is 71.8 Å². The summed E-state index contributed by atoms with van der Waals surface area (Å²) in [6, 6.07) is 16.5. The lowest BCUT2D eigenvalue weighted by Gasteiger charge is -2.14. The van der Waals surface area contributed by atoms with Crippen LogP contribution in [0.1, 0.15) is 15.9 Å². The van der Waals surface area contributed by atoms with E-state index in [-0.39, 0.29) is 16.1 Å². The molecule has 3 rings (SSSR count). The van der Waals surface area contributed by atoms with E-state index in [0.29, 0.717) is 5.39 Å². The van der Waals surface area contributed by atoms with Crippen LogP contribution in [0.3, 0.4) is 0 Å². The maximum atomic E-state index is 12.7. The SMILES string of the molecule is Cc1cccc(S(=O)(=O)Nc2c(C(=O)O)ccc3ccccc23)c1. The second kappa shape index (κ2) is 5.98. The van der Waals surface area contributed by atoms with E-state index in [1.165, 1.54) is 18.2 Å². The first-order valence-electron chi connectivity index (χ1n) is 7.23. The van der Waals surface area contributed by atoms with Crippen LogP contribution in [0.2, 0.25) is 0 Å². The number of aromatic carboxylic acids is 1. The number of aryl methyl sites for hydroxylation is 1. The third-order valence-corrected chi connectivity index (χ3v) is 5.04. The number of fused-ring (bicyclic) bond motifs is 1. The molecule has 0 bridgehead atoms. The van der Waals surface area contributed by atoms with Crippen LogP contribution in [0.25, 0.3) is 10.8 Å². The van der Waals surface area contributed by atoms with Crippen LogP contribution in [-0.2, 0) is 10.0 Å². The molecule has 0 saturated carbocycles. The second-order valence-corrected chi connectivity index (χ2v) is 7.12. The Morgan fingerprint density at radius 1 is 1.00 bits per heavy atom. The quantitative estimate of drug-likeness (QED) is 0.759. The Bertz CT molecular complexity index is 1040. The van der Waals surface area contributed by atoms with Gasteiger partial charge in [0.25, 0.3) is 10.0 Å². The molecule has 0 atom stereocenters. The Morgan fingerprint density at radius 2 is 1.75 bits per heavy atom. The zero-order valence-electron chi connectivity index (χ0n) is 12.9. The van der Waals surface area contributed by atoms with Crippen LogP contribution >= 0.6 is 0 Å². The number of hydrogen-bond acceptors (Lipinski definition) is 3. The summed E-state index contributed by atoms with van der Waals surface area (Å²) < 4.78 is 27.8. The van der Waals surface area contributed by atoms with E-state index in [1.807, 2.05) is 6.07 Å². The molecule has 5 nitrogen and oxygen atoms in total. The number of benzene rings is 3. The standard InChI is InChI=1S/C18H15NO4S/c1-12-5-4-7-14(11-12)24(22,23)19-17-15-8-3-2-6-13(15)9-10-16(17)18(20)21/h2-11,19H,1H3,(H,20,21). The van der Waals surface area contributed by atoms with Crippen molar-refractivity contribution in [2.45, 2.75) is 11.8 Å². The van der Waals surface area contributed by atoms with Crippen molar-refractivity contribution in [2.75, 3.05) is 4.72 Å². The first kappa shape index (κ1) is 16.0. The fourth-order valence-corrected chi connectivity index (χ4v) is 3.74. The van der Waals surface area contributed by atoms with Crippen LogP contribution < -0.4 is 4.72 Å². The van der Waals surface area contributed by atoms with E-state index in [0.717, 1.165) is 10.9 Å². The summed E-state index contributed by atoms with van der Waals surface area (Å²) in [6.45, 7) is 1.79. The first-order chi connectivity index (χ1) is 11.4. The first-order valence-corrected chi connectivity index (χ1v) is 8.71. The highest BCUT2D eigenvalue weighted by atomic mass is 32.2. The van der Waals surface area contributed by atoms with Crippen LogP contribution in [0, 0.1) is 6.92 Å². The highest BCUT2D eigenvalue weighted by Gasteiger charge is 2.20. The Hall–Kier alpha value is -2.86. The number of carbonyl (C=O) groups is 1. The van der Waals surface area contributed by atoms with Gasteiger partial charge in [-0.05, 0) is 36.1 Å². The molecule has 122 valence electrons. The molecule has 0 unspecified atom stereocenters. The third kappa shape index (κ3) is 2.96. The number of nitrogens with one attached hydrogen (secondary N) is 1. The van der Waals surface area contributed by atoms with E-state index in [4.69, 9.17) is 0 Å². The maximum absolute atomic E-state index is 12.7. The van der Waals surface area contributed by atoms with Gasteiger partial charge in [-0.3, -0.25) is 4.72 Å². The molecule has 3 aromatic rings. The van der Waals surface area contributed by atoms with E-state index < -0.39 is 16.0 Å². The Morgan fingerprint density at radius 3 is 2.46 bits per heavy atom. The van der Waals surface area contributed by atoms with Gasteiger partial charge in [-0.2, -0.15) is 0 Å². The van der Waals surface area contributed by atoms with Gasteiger partial charge in [0.1, 0.15) is 0 Å². The van der Waals surface area contributed by atoms with Crippen molar-refractivity contribution in [1.29, 1.82) is 0 Å². The average molecular weight is 341 g/mol. The lowest BCUT2D eigenvalue weighted by Crippen LogP contribution is -2.16. The van der Waals surface area contributed by atoms with Gasteiger partial charge >= 0.3 is 5.97 Å². The molecule has 0 aromatic heterocycles. The molecule has 24 heavy (non-hydrogen) atoms. The molecule has 0 aliphatic heterocycles. The van der Waals surface area contributed by atoms with Crippen LogP contribution in [-0.4, -0.2) is 19.5 Å². The summed E-state index contributed by atoms with van der Waals surface area (Å²) >= 11 is 0. The molecule has 2 N–H and O–H groups in total. The molecule has 0 amide bonds. The van der Waals surface area contributed by atoms with Gasteiger partial charge in [0.15, 0.2) is 0 Å². The van der Waals surface area contributed by atoms with Crippen molar-refractivity contribution in [2.24, 2.45) is 0 Å². The largest absolute Gasteiger partial charge is 0.478 e. The van der Waals surface area contributed by atoms with Gasteiger partial charge in [0, 0.05) is 5.39 Å². The van der Waals surface area contributed by atoms with Gasteiger partial charge in [-0.25, -0.2) is 13.2 Å². The predicted octanol–water partition coefficient (Wildman–Crippen LogP) is 3.65.